The van der Waals surface area contributed by atoms with E-state index in [0.717, 1.165) is 38.5 Å². The summed E-state index contributed by atoms with van der Waals surface area (Å²) in [7, 11) is 0. The van der Waals surface area contributed by atoms with Crippen LogP contribution in [0.5, 0.6) is 0 Å². The van der Waals surface area contributed by atoms with E-state index in [9.17, 15) is 0 Å². The van der Waals surface area contributed by atoms with Gasteiger partial charge in [0.25, 0.3) is 0 Å². The average Bonchev–Trinajstić information content (AvgIpc) is 2.54. The van der Waals surface area contributed by atoms with Gasteiger partial charge in [-0.2, -0.15) is 10.2 Å². The van der Waals surface area contributed by atoms with Crippen LogP contribution in [-0.4, -0.2) is 22.3 Å². The second kappa shape index (κ2) is 10.9. The van der Waals surface area contributed by atoms with E-state index in [4.69, 9.17) is 11.5 Å². The van der Waals surface area contributed by atoms with E-state index in [2.05, 4.69) is 44.3 Å². The summed E-state index contributed by atoms with van der Waals surface area (Å²) in [4.78, 5) is 8.02. The summed E-state index contributed by atoms with van der Waals surface area (Å²) >= 11 is 0. The lowest BCUT2D eigenvalue weighted by atomic mass is 10.2. The fraction of sp³-hybridized carbons (Fsp3) is 0.714. The quantitative estimate of drug-likeness (QED) is 0.640. The molecule has 0 saturated carbocycles. The number of hydrogen-bond donors (Lipinski definition) is 2. The van der Waals surface area contributed by atoms with E-state index >= 15 is 0 Å². The van der Waals surface area contributed by atoms with Gasteiger partial charge in [-0.05, 0) is 12.8 Å². The molecular formula is C14H26N8. The standard InChI is InChI=1S/C14H26N8/c1-3-5-7-11(15)19-21-13-9-14(18-10-17-13)22-20-12(16)8-6-4-2/h9-12H,3-8,15-16H2,1-2H3/b21-19+,22-20+/t11-,12-/m0/s1. The fourth-order valence-corrected chi connectivity index (χ4v) is 1.66. The van der Waals surface area contributed by atoms with Gasteiger partial charge in [0.2, 0.25) is 0 Å². The summed E-state index contributed by atoms with van der Waals surface area (Å²) in [6.07, 6.45) is 6.60. The van der Waals surface area contributed by atoms with Crippen molar-refractivity contribution in [2.45, 2.75) is 64.7 Å². The number of azo groups is 2. The highest BCUT2D eigenvalue weighted by Gasteiger charge is 2.02. The molecule has 0 aliphatic heterocycles. The highest BCUT2D eigenvalue weighted by molar-refractivity contribution is 5.37. The van der Waals surface area contributed by atoms with Crippen LogP contribution in [0.2, 0.25) is 0 Å². The summed E-state index contributed by atoms with van der Waals surface area (Å²) in [5.74, 6) is 0.830. The van der Waals surface area contributed by atoms with Crippen molar-refractivity contribution in [2.75, 3.05) is 0 Å². The summed E-state index contributed by atoms with van der Waals surface area (Å²) in [5.41, 5.74) is 11.7. The molecule has 0 spiro atoms. The normalized spacial score (nSPS) is 14.7. The van der Waals surface area contributed by atoms with Crippen molar-refractivity contribution >= 4 is 11.6 Å². The Hall–Kier alpha value is -1.80. The van der Waals surface area contributed by atoms with Crippen LogP contribution in [0.4, 0.5) is 11.6 Å². The first kappa shape index (κ1) is 18.2. The van der Waals surface area contributed by atoms with Gasteiger partial charge in [0, 0.05) is 6.07 Å². The van der Waals surface area contributed by atoms with Gasteiger partial charge >= 0.3 is 0 Å². The first-order valence-electron chi connectivity index (χ1n) is 7.80. The predicted molar refractivity (Wildman–Crippen MR) is 86.1 cm³/mol. The molecule has 8 heteroatoms. The molecule has 0 fully saturated rings. The van der Waals surface area contributed by atoms with Gasteiger partial charge in [-0.15, -0.1) is 10.2 Å². The third kappa shape index (κ3) is 7.84. The minimum atomic E-state index is -0.303. The number of hydrogen-bond acceptors (Lipinski definition) is 8. The van der Waals surface area contributed by atoms with Crippen LogP contribution in [0.1, 0.15) is 52.4 Å². The lowest BCUT2D eigenvalue weighted by Gasteiger charge is -2.03. The third-order valence-electron chi connectivity index (χ3n) is 2.96. The van der Waals surface area contributed by atoms with E-state index in [0.29, 0.717) is 11.6 Å². The summed E-state index contributed by atoms with van der Waals surface area (Å²) in [5, 5.41) is 16.1. The highest BCUT2D eigenvalue weighted by Crippen LogP contribution is 2.16. The minimum Gasteiger partial charge on any atom is -0.308 e. The minimum absolute atomic E-state index is 0.303. The Balaban J connectivity index is 2.58. The zero-order valence-corrected chi connectivity index (χ0v) is 13.4. The molecule has 8 nitrogen and oxygen atoms in total. The second-order valence-electron chi connectivity index (χ2n) is 5.08. The Morgan fingerprint density at radius 3 is 1.77 bits per heavy atom. The molecular weight excluding hydrogens is 280 g/mol. The van der Waals surface area contributed by atoms with Crippen LogP contribution in [-0.2, 0) is 0 Å². The Bertz CT molecular complexity index is 434. The molecule has 2 atom stereocenters. The van der Waals surface area contributed by atoms with Gasteiger partial charge in [-0.25, -0.2) is 9.97 Å². The van der Waals surface area contributed by atoms with Crippen molar-refractivity contribution in [1.29, 1.82) is 0 Å². The molecule has 0 radical (unpaired) electrons. The zero-order chi connectivity index (χ0) is 16.2. The van der Waals surface area contributed by atoms with Crippen molar-refractivity contribution in [2.24, 2.45) is 31.9 Å². The first-order chi connectivity index (χ1) is 10.7. The number of nitrogens with two attached hydrogens (primary N) is 2. The third-order valence-corrected chi connectivity index (χ3v) is 2.96. The summed E-state index contributed by atoms with van der Waals surface area (Å²) < 4.78 is 0. The van der Waals surface area contributed by atoms with Gasteiger partial charge in [0.15, 0.2) is 11.6 Å². The SMILES string of the molecule is CCCC[C@@H](N)/N=N/c1cc(/N=N/[C@H](N)CCCC)ncn1. The predicted octanol–water partition coefficient (Wildman–Crippen LogP) is 3.59. The molecule has 4 N–H and O–H groups in total. The van der Waals surface area contributed by atoms with E-state index in [-0.39, 0.29) is 12.3 Å². The fourth-order valence-electron chi connectivity index (χ4n) is 1.66. The van der Waals surface area contributed by atoms with E-state index in [1.165, 1.54) is 6.33 Å². The monoisotopic (exact) mass is 306 g/mol. The number of rotatable bonds is 10. The zero-order valence-electron chi connectivity index (χ0n) is 13.4. The summed E-state index contributed by atoms with van der Waals surface area (Å²) in [6, 6.07) is 1.60. The van der Waals surface area contributed by atoms with Gasteiger partial charge < -0.3 is 11.5 Å². The van der Waals surface area contributed by atoms with Gasteiger partial charge in [0.05, 0.1) is 0 Å². The summed E-state index contributed by atoms with van der Waals surface area (Å²) in [6.45, 7) is 4.22. The number of nitrogens with zero attached hydrogens (tertiary/aromatic N) is 6. The van der Waals surface area contributed by atoms with Crippen LogP contribution in [0.25, 0.3) is 0 Å². The molecule has 0 aromatic carbocycles. The molecule has 1 rings (SSSR count). The molecule has 1 aromatic rings. The molecule has 0 amide bonds. The number of unbranched alkanes of at least 4 members (excludes halogenated alkanes) is 2. The van der Waals surface area contributed by atoms with Gasteiger partial charge in [-0.3, -0.25) is 0 Å². The Morgan fingerprint density at radius 2 is 1.36 bits per heavy atom. The van der Waals surface area contributed by atoms with E-state index in [1.54, 1.807) is 6.07 Å². The smallest absolute Gasteiger partial charge is 0.179 e. The maximum Gasteiger partial charge on any atom is 0.179 e. The van der Waals surface area contributed by atoms with Gasteiger partial charge in [-0.1, -0.05) is 39.5 Å². The lowest BCUT2D eigenvalue weighted by molar-refractivity contribution is 0.575. The van der Waals surface area contributed by atoms with Crippen LogP contribution in [0, 0.1) is 0 Å². The topological polar surface area (TPSA) is 127 Å². The largest absolute Gasteiger partial charge is 0.308 e. The van der Waals surface area contributed by atoms with Crippen LogP contribution in [0.3, 0.4) is 0 Å². The maximum absolute atomic E-state index is 5.83. The average molecular weight is 306 g/mol. The Labute approximate surface area is 131 Å². The van der Waals surface area contributed by atoms with Crippen molar-refractivity contribution in [3.8, 4) is 0 Å². The van der Waals surface area contributed by atoms with Crippen molar-refractivity contribution in [3.63, 3.8) is 0 Å². The molecule has 0 aliphatic carbocycles. The van der Waals surface area contributed by atoms with Crippen LogP contribution >= 0.6 is 0 Å². The first-order valence-corrected chi connectivity index (χ1v) is 7.80. The molecule has 22 heavy (non-hydrogen) atoms. The van der Waals surface area contributed by atoms with E-state index < -0.39 is 0 Å². The molecule has 0 bridgehead atoms. The van der Waals surface area contributed by atoms with Crippen LogP contribution < -0.4 is 11.5 Å². The van der Waals surface area contributed by atoms with Crippen molar-refractivity contribution < 1.29 is 0 Å². The second-order valence-corrected chi connectivity index (χ2v) is 5.08. The van der Waals surface area contributed by atoms with Crippen molar-refractivity contribution in [1.82, 2.24) is 9.97 Å². The Morgan fingerprint density at radius 1 is 0.909 bits per heavy atom. The van der Waals surface area contributed by atoms with E-state index in [1.807, 2.05) is 0 Å². The maximum atomic E-state index is 5.83. The molecule has 1 heterocycles. The molecule has 0 aliphatic rings. The molecule has 0 saturated heterocycles. The number of aromatic nitrogens is 2. The molecule has 122 valence electrons. The van der Waals surface area contributed by atoms with Gasteiger partial charge in [0.1, 0.15) is 18.7 Å². The Kier molecular flexibility index (Phi) is 9.01. The highest BCUT2D eigenvalue weighted by atomic mass is 15.2. The molecule has 1 aromatic heterocycles. The van der Waals surface area contributed by atoms with Crippen LogP contribution in [0.15, 0.2) is 32.9 Å². The lowest BCUT2D eigenvalue weighted by Crippen LogP contribution is -2.15. The van der Waals surface area contributed by atoms with Crippen molar-refractivity contribution in [3.05, 3.63) is 12.4 Å². The molecule has 0 unspecified atom stereocenters.